The number of hydrogen-bond donors (Lipinski definition) is 0. The van der Waals surface area contributed by atoms with Gasteiger partial charge in [0.25, 0.3) is 5.91 Å². The number of benzene rings is 2. The highest BCUT2D eigenvalue weighted by molar-refractivity contribution is 6.30. The highest BCUT2D eigenvalue weighted by Gasteiger charge is 2.20. The summed E-state index contributed by atoms with van der Waals surface area (Å²) in [4.78, 5) is 19.0. The van der Waals surface area contributed by atoms with E-state index >= 15 is 0 Å². The second-order valence-corrected chi connectivity index (χ2v) is 7.15. The molecule has 6 nitrogen and oxygen atoms in total. The Morgan fingerprint density at radius 3 is 2.59 bits per heavy atom. The number of amides is 1. The lowest BCUT2D eigenvalue weighted by Crippen LogP contribution is -2.42. The van der Waals surface area contributed by atoms with Gasteiger partial charge in [-0.1, -0.05) is 54.0 Å². The van der Waals surface area contributed by atoms with Crippen LogP contribution in [-0.2, 0) is 11.2 Å². The zero-order valence-corrected chi connectivity index (χ0v) is 17.3. The van der Waals surface area contributed by atoms with Crippen molar-refractivity contribution >= 4 is 17.5 Å². The topological polar surface area (TPSA) is 68.5 Å². The number of halogens is 1. The summed E-state index contributed by atoms with van der Waals surface area (Å²) in [5.74, 6) is 1.57. The van der Waals surface area contributed by atoms with Gasteiger partial charge in [0.05, 0.1) is 0 Å². The molecule has 7 heteroatoms. The molecular weight excluding hydrogens is 390 g/mol. The van der Waals surface area contributed by atoms with Gasteiger partial charge in [-0.2, -0.15) is 4.98 Å². The third-order valence-electron chi connectivity index (χ3n) is 4.69. The lowest BCUT2D eigenvalue weighted by Gasteiger charge is -2.28. The van der Waals surface area contributed by atoms with Gasteiger partial charge in [-0.05, 0) is 37.6 Å². The number of nitrogens with zero attached hydrogens (tertiary/aromatic N) is 3. The van der Waals surface area contributed by atoms with Gasteiger partial charge in [0.1, 0.15) is 5.75 Å². The average molecular weight is 414 g/mol. The minimum atomic E-state index is -0.0860. The second-order valence-electron chi connectivity index (χ2n) is 6.71. The van der Waals surface area contributed by atoms with Crippen LogP contribution in [0.25, 0.3) is 11.4 Å². The summed E-state index contributed by atoms with van der Waals surface area (Å²) in [6.07, 6.45) is 1.32. The maximum absolute atomic E-state index is 12.7. The molecule has 0 spiro atoms. The molecule has 0 saturated carbocycles. The molecule has 0 saturated heterocycles. The standard InChI is InChI=1S/C22H24ClN3O3/c1-3-16(2)26(21(27)15-28-19-11-9-18(23)10-12-19)14-13-20-24-22(25-29-20)17-7-5-4-6-8-17/h4-12,16H,3,13-15H2,1-2H3/t16-/m1/s1. The molecule has 0 aliphatic heterocycles. The predicted molar refractivity (Wildman–Crippen MR) is 112 cm³/mol. The van der Waals surface area contributed by atoms with E-state index < -0.39 is 0 Å². The first-order chi connectivity index (χ1) is 14.1. The first-order valence-electron chi connectivity index (χ1n) is 9.62. The lowest BCUT2D eigenvalue weighted by molar-refractivity contribution is -0.135. The number of aromatic nitrogens is 2. The van der Waals surface area contributed by atoms with Gasteiger partial charge in [0, 0.05) is 29.6 Å². The Balaban J connectivity index is 1.59. The van der Waals surface area contributed by atoms with Gasteiger partial charge in [0.15, 0.2) is 6.61 Å². The van der Waals surface area contributed by atoms with Crippen molar-refractivity contribution in [3.8, 4) is 17.1 Å². The summed E-state index contributed by atoms with van der Waals surface area (Å²) >= 11 is 5.87. The Labute approximate surface area is 175 Å². The molecule has 29 heavy (non-hydrogen) atoms. The Kier molecular flexibility index (Phi) is 7.25. The van der Waals surface area contributed by atoms with E-state index in [1.54, 1.807) is 29.2 Å². The first kappa shape index (κ1) is 20.9. The number of ether oxygens (including phenoxy) is 1. The zero-order valence-electron chi connectivity index (χ0n) is 16.5. The highest BCUT2D eigenvalue weighted by Crippen LogP contribution is 2.17. The molecule has 0 aliphatic rings. The molecule has 1 aromatic heterocycles. The molecule has 0 unspecified atom stereocenters. The van der Waals surface area contributed by atoms with Crippen LogP contribution < -0.4 is 4.74 Å². The normalized spacial score (nSPS) is 11.8. The number of hydrogen-bond acceptors (Lipinski definition) is 5. The molecule has 2 aromatic carbocycles. The SMILES string of the molecule is CC[C@@H](C)N(CCc1nc(-c2ccccc2)no1)C(=O)COc1ccc(Cl)cc1. The van der Waals surface area contributed by atoms with Crippen LogP contribution in [0.1, 0.15) is 26.2 Å². The van der Waals surface area contributed by atoms with Crippen molar-refractivity contribution in [2.45, 2.75) is 32.7 Å². The van der Waals surface area contributed by atoms with Crippen LogP contribution in [-0.4, -0.2) is 40.1 Å². The van der Waals surface area contributed by atoms with Crippen molar-refractivity contribution < 1.29 is 14.1 Å². The Bertz CT molecular complexity index is 913. The minimum absolute atomic E-state index is 0.0366. The third-order valence-corrected chi connectivity index (χ3v) is 4.94. The molecule has 0 N–H and O–H groups in total. The summed E-state index contributed by atoms with van der Waals surface area (Å²) in [6, 6.07) is 16.7. The van der Waals surface area contributed by atoms with Crippen molar-refractivity contribution in [1.82, 2.24) is 15.0 Å². The largest absolute Gasteiger partial charge is 0.484 e. The van der Waals surface area contributed by atoms with Crippen LogP contribution in [0, 0.1) is 0 Å². The van der Waals surface area contributed by atoms with Gasteiger partial charge in [-0.15, -0.1) is 0 Å². The molecule has 3 rings (SSSR count). The van der Waals surface area contributed by atoms with E-state index in [2.05, 4.69) is 10.1 Å². The lowest BCUT2D eigenvalue weighted by atomic mass is 10.2. The van der Waals surface area contributed by atoms with Crippen molar-refractivity contribution in [1.29, 1.82) is 0 Å². The van der Waals surface area contributed by atoms with E-state index in [9.17, 15) is 4.79 Å². The van der Waals surface area contributed by atoms with Crippen molar-refractivity contribution in [2.75, 3.05) is 13.2 Å². The Hall–Kier alpha value is -2.86. The van der Waals surface area contributed by atoms with Crippen molar-refractivity contribution in [2.24, 2.45) is 0 Å². The fraction of sp³-hybridized carbons (Fsp3) is 0.318. The molecule has 0 fully saturated rings. The number of carbonyl (C=O) groups excluding carboxylic acids is 1. The molecule has 1 atom stereocenters. The van der Waals surface area contributed by atoms with E-state index in [-0.39, 0.29) is 18.6 Å². The maximum Gasteiger partial charge on any atom is 0.260 e. The first-order valence-corrected chi connectivity index (χ1v) is 10.0. The van der Waals surface area contributed by atoms with E-state index in [1.807, 2.05) is 44.2 Å². The molecule has 0 bridgehead atoms. The van der Waals surface area contributed by atoms with E-state index in [0.29, 0.717) is 35.5 Å². The molecule has 1 amide bonds. The third kappa shape index (κ3) is 5.81. The van der Waals surface area contributed by atoms with E-state index in [0.717, 1.165) is 12.0 Å². The molecule has 0 radical (unpaired) electrons. The zero-order chi connectivity index (χ0) is 20.6. The number of carbonyl (C=O) groups is 1. The van der Waals surface area contributed by atoms with Gasteiger partial charge in [0.2, 0.25) is 11.7 Å². The summed E-state index contributed by atoms with van der Waals surface area (Å²) in [5.41, 5.74) is 0.897. The van der Waals surface area contributed by atoms with Crippen molar-refractivity contribution in [3.63, 3.8) is 0 Å². The van der Waals surface area contributed by atoms with Gasteiger partial charge in [-0.25, -0.2) is 0 Å². The summed E-state index contributed by atoms with van der Waals surface area (Å²) in [6.45, 7) is 4.51. The van der Waals surface area contributed by atoms with Crippen LogP contribution in [0.5, 0.6) is 5.75 Å². The van der Waals surface area contributed by atoms with Gasteiger partial charge < -0.3 is 14.2 Å². The smallest absolute Gasteiger partial charge is 0.260 e. The predicted octanol–water partition coefficient (Wildman–Crippen LogP) is 4.64. The van der Waals surface area contributed by atoms with Crippen LogP contribution in [0.2, 0.25) is 5.02 Å². The van der Waals surface area contributed by atoms with Crippen LogP contribution >= 0.6 is 11.6 Å². The summed E-state index contributed by atoms with van der Waals surface area (Å²) in [7, 11) is 0. The van der Waals surface area contributed by atoms with E-state index in [1.165, 1.54) is 0 Å². The van der Waals surface area contributed by atoms with Crippen molar-refractivity contribution in [3.05, 3.63) is 65.5 Å². The number of rotatable bonds is 9. The Morgan fingerprint density at radius 1 is 1.17 bits per heavy atom. The second kappa shape index (κ2) is 10.1. The average Bonchev–Trinajstić information content (AvgIpc) is 3.23. The van der Waals surface area contributed by atoms with Crippen LogP contribution in [0.15, 0.2) is 59.1 Å². The Morgan fingerprint density at radius 2 is 1.90 bits per heavy atom. The quantitative estimate of drug-likeness (QED) is 0.511. The fourth-order valence-electron chi connectivity index (χ4n) is 2.85. The van der Waals surface area contributed by atoms with E-state index in [4.69, 9.17) is 20.9 Å². The maximum atomic E-state index is 12.7. The molecular formula is C22H24ClN3O3. The monoisotopic (exact) mass is 413 g/mol. The molecule has 152 valence electrons. The molecule has 0 aliphatic carbocycles. The fourth-order valence-corrected chi connectivity index (χ4v) is 2.97. The molecule has 3 aromatic rings. The van der Waals surface area contributed by atoms with Gasteiger partial charge >= 0.3 is 0 Å². The van der Waals surface area contributed by atoms with Gasteiger partial charge in [-0.3, -0.25) is 4.79 Å². The highest BCUT2D eigenvalue weighted by atomic mass is 35.5. The minimum Gasteiger partial charge on any atom is -0.484 e. The van der Waals surface area contributed by atoms with Crippen LogP contribution in [0.4, 0.5) is 0 Å². The summed E-state index contributed by atoms with van der Waals surface area (Å²) in [5, 5.41) is 4.66. The van der Waals surface area contributed by atoms with Crippen LogP contribution in [0.3, 0.4) is 0 Å². The molecule has 1 heterocycles. The summed E-state index contributed by atoms with van der Waals surface area (Å²) < 4.78 is 11.0.